The number of ether oxygens (including phenoxy) is 2. The number of aromatic nitrogens is 2. The maximum atomic E-state index is 5.75. The highest BCUT2D eigenvalue weighted by atomic mass is 16.5. The van der Waals surface area contributed by atoms with Crippen LogP contribution in [0.5, 0.6) is 5.75 Å². The van der Waals surface area contributed by atoms with Crippen LogP contribution in [0.4, 0.5) is 0 Å². The molecule has 1 unspecified atom stereocenters. The summed E-state index contributed by atoms with van der Waals surface area (Å²) in [5.41, 5.74) is 2.83. The zero-order valence-corrected chi connectivity index (χ0v) is 15.8. The van der Waals surface area contributed by atoms with Gasteiger partial charge in [-0.05, 0) is 31.3 Å². The molecule has 4 rings (SSSR count). The van der Waals surface area contributed by atoms with Crippen molar-refractivity contribution in [3.05, 3.63) is 30.0 Å². The van der Waals surface area contributed by atoms with Gasteiger partial charge in [-0.1, -0.05) is 0 Å². The Morgan fingerprint density at radius 2 is 2.04 bits per heavy atom. The number of hydrogen-bond acceptors (Lipinski definition) is 7. The second-order valence-electron chi connectivity index (χ2n) is 6.88. The van der Waals surface area contributed by atoms with E-state index in [4.69, 9.17) is 9.47 Å². The number of fused-ring (bicyclic) bond motifs is 1. The van der Waals surface area contributed by atoms with Crippen molar-refractivity contribution < 1.29 is 9.47 Å². The number of aliphatic imine (C=N–C) groups is 1. The minimum Gasteiger partial charge on any atom is -0.491 e. The minimum atomic E-state index is 0.0443. The first-order valence-corrected chi connectivity index (χ1v) is 9.27. The van der Waals surface area contributed by atoms with Crippen LogP contribution in [-0.4, -0.2) is 86.1 Å². The second kappa shape index (κ2) is 8.08. The molecule has 2 aromatic rings. The van der Waals surface area contributed by atoms with E-state index in [2.05, 4.69) is 43.4 Å². The Hall–Kier alpha value is -2.42. The van der Waals surface area contributed by atoms with Gasteiger partial charge >= 0.3 is 0 Å². The van der Waals surface area contributed by atoms with E-state index in [1.54, 1.807) is 13.4 Å². The van der Waals surface area contributed by atoms with E-state index >= 15 is 0 Å². The highest BCUT2D eigenvalue weighted by molar-refractivity contribution is 5.93. The Balaban J connectivity index is 1.56. The topological polar surface area (TPSA) is 78.0 Å². The highest BCUT2D eigenvalue weighted by Crippen LogP contribution is 2.27. The first-order valence-electron chi connectivity index (χ1n) is 9.27. The van der Waals surface area contributed by atoms with Gasteiger partial charge in [-0.25, -0.2) is 0 Å². The summed E-state index contributed by atoms with van der Waals surface area (Å²) >= 11 is 0. The minimum absolute atomic E-state index is 0.0443. The smallest absolute Gasteiger partial charge is 0.125 e. The quantitative estimate of drug-likeness (QED) is 0.743. The van der Waals surface area contributed by atoms with E-state index in [9.17, 15) is 0 Å². The van der Waals surface area contributed by atoms with E-state index < -0.39 is 0 Å². The van der Waals surface area contributed by atoms with Crippen LogP contribution in [0, 0.1) is 0 Å². The van der Waals surface area contributed by atoms with Crippen LogP contribution in [-0.2, 0) is 4.74 Å². The van der Waals surface area contributed by atoms with Crippen molar-refractivity contribution >= 4 is 22.9 Å². The Morgan fingerprint density at radius 1 is 1.19 bits per heavy atom. The van der Waals surface area contributed by atoms with E-state index in [1.807, 2.05) is 18.2 Å². The van der Waals surface area contributed by atoms with Crippen LogP contribution in [0.25, 0.3) is 16.6 Å². The Bertz CT molecular complexity index is 838. The van der Waals surface area contributed by atoms with Gasteiger partial charge in [-0.3, -0.25) is 15.0 Å². The first-order chi connectivity index (χ1) is 13.2. The third-order valence-corrected chi connectivity index (χ3v) is 5.02. The number of aromatic amines is 1. The molecule has 8 heteroatoms. The fraction of sp³-hybridized carbons (Fsp3) is 0.474. The van der Waals surface area contributed by atoms with Gasteiger partial charge in [-0.2, -0.15) is 5.10 Å². The number of likely N-dealkylation sites (N-methyl/N-ethyl adjacent to an activating group) is 1. The van der Waals surface area contributed by atoms with Gasteiger partial charge in [0.05, 0.1) is 24.2 Å². The number of H-pyrrole nitrogens is 1. The number of nitrogens with one attached hydrogen (secondary N) is 2. The molecule has 144 valence electrons. The summed E-state index contributed by atoms with van der Waals surface area (Å²) < 4.78 is 10.8. The summed E-state index contributed by atoms with van der Waals surface area (Å²) in [4.78, 5) is 9.34. The van der Waals surface area contributed by atoms with Crippen LogP contribution in [0.2, 0.25) is 0 Å². The summed E-state index contributed by atoms with van der Waals surface area (Å²) in [6.07, 6.45) is 3.97. The van der Waals surface area contributed by atoms with Gasteiger partial charge < -0.3 is 19.7 Å². The molecule has 3 heterocycles. The SMILES string of the molecule is COCCOc1ccc2[nH]nc(C3=CC(N4CCN(C)CC4)N=CN3)c2c1. The summed E-state index contributed by atoms with van der Waals surface area (Å²) in [7, 11) is 3.83. The number of piperazine rings is 1. The summed E-state index contributed by atoms with van der Waals surface area (Å²) in [6.45, 7) is 5.24. The molecule has 1 aromatic carbocycles. The van der Waals surface area contributed by atoms with Crippen molar-refractivity contribution in [2.24, 2.45) is 4.99 Å². The van der Waals surface area contributed by atoms with Crippen molar-refractivity contribution in [3.8, 4) is 5.75 Å². The van der Waals surface area contributed by atoms with Crippen LogP contribution >= 0.6 is 0 Å². The van der Waals surface area contributed by atoms with Crippen molar-refractivity contribution in [2.75, 3.05) is 53.6 Å². The van der Waals surface area contributed by atoms with E-state index in [1.165, 1.54) is 0 Å². The van der Waals surface area contributed by atoms with E-state index in [-0.39, 0.29) is 6.17 Å². The fourth-order valence-electron chi connectivity index (χ4n) is 3.39. The molecule has 1 atom stereocenters. The number of rotatable bonds is 6. The van der Waals surface area contributed by atoms with Crippen molar-refractivity contribution in [1.29, 1.82) is 0 Å². The van der Waals surface area contributed by atoms with Crippen molar-refractivity contribution in [3.63, 3.8) is 0 Å². The normalized spacial score (nSPS) is 21.3. The molecule has 0 radical (unpaired) electrons. The van der Waals surface area contributed by atoms with E-state index in [0.29, 0.717) is 13.2 Å². The molecule has 1 saturated heterocycles. The first kappa shape index (κ1) is 18.0. The van der Waals surface area contributed by atoms with Crippen LogP contribution in [0.15, 0.2) is 29.3 Å². The van der Waals surface area contributed by atoms with Crippen molar-refractivity contribution in [2.45, 2.75) is 6.17 Å². The van der Waals surface area contributed by atoms with Gasteiger partial charge in [0.1, 0.15) is 24.2 Å². The lowest BCUT2D eigenvalue weighted by atomic mass is 10.1. The van der Waals surface area contributed by atoms with Gasteiger partial charge in [0.25, 0.3) is 0 Å². The zero-order chi connectivity index (χ0) is 18.6. The zero-order valence-electron chi connectivity index (χ0n) is 15.8. The number of methoxy groups -OCH3 is 1. The fourth-order valence-corrected chi connectivity index (χ4v) is 3.39. The van der Waals surface area contributed by atoms with Crippen LogP contribution in [0.1, 0.15) is 5.69 Å². The molecule has 8 nitrogen and oxygen atoms in total. The molecule has 2 aliphatic rings. The lowest BCUT2D eigenvalue weighted by molar-refractivity contribution is 0.132. The van der Waals surface area contributed by atoms with Crippen LogP contribution in [0.3, 0.4) is 0 Å². The molecule has 27 heavy (non-hydrogen) atoms. The lowest BCUT2D eigenvalue weighted by Gasteiger charge is -2.36. The average molecular weight is 370 g/mol. The molecule has 1 aromatic heterocycles. The largest absolute Gasteiger partial charge is 0.491 e. The molecule has 0 saturated carbocycles. The molecule has 0 spiro atoms. The monoisotopic (exact) mass is 370 g/mol. The molecule has 2 aliphatic heterocycles. The second-order valence-corrected chi connectivity index (χ2v) is 6.88. The lowest BCUT2D eigenvalue weighted by Crippen LogP contribution is -2.48. The molecule has 0 aliphatic carbocycles. The van der Waals surface area contributed by atoms with Gasteiger partial charge in [0.15, 0.2) is 0 Å². The Morgan fingerprint density at radius 3 is 2.85 bits per heavy atom. The third kappa shape index (κ3) is 3.97. The maximum absolute atomic E-state index is 5.75. The van der Waals surface area contributed by atoms with Crippen LogP contribution < -0.4 is 10.1 Å². The van der Waals surface area contributed by atoms with Gasteiger partial charge in [0.2, 0.25) is 0 Å². The Kier molecular flexibility index (Phi) is 5.38. The molecule has 2 N–H and O–H groups in total. The maximum Gasteiger partial charge on any atom is 0.125 e. The number of nitrogens with zero attached hydrogens (tertiary/aromatic N) is 4. The molecular formula is C19H26N6O2. The predicted molar refractivity (Wildman–Crippen MR) is 106 cm³/mol. The molecule has 0 bridgehead atoms. The molecule has 1 fully saturated rings. The van der Waals surface area contributed by atoms with Gasteiger partial charge in [0, 0.05) is 38.7 Å². The average Bonchev–Trinajstić information content (AvgIpc) is 3.12. The highest BCUT2D eigenvalue weighted by Gasteiger charge is 2.23. The summed E-state index contributed by atoms with van der Waals surface area (Å²) in [5, 5.41) is 11.9. The van der Waals surface area contributed by atoms with Gasteiger partial charge in [-0.15, -0.1) is 0 Å². The summed E-state index contributed by atoms with van der Waals surface area (Å²) in [6, 6.07) is 5.95. The third-order valence-electron chi connectivity index (χ3n) is 5.02. The van der Waals surface area contributed by atoms with Crippen molar-refractivity contribution in [1.82, 2.24) is 25.3 Å². The van der Waals surface area contributed by atoms with E-state index in [0.717, 1.165) is 54.2 Å². The summed E-state index contributed by atoms with van der Waals surface area (Å²) in [5.74, 6) is 0.808. The molecular weight excluding hydrogens is 344 g/mol. The number of benzene rings is 1. The molecule has 0 amide bonds. The Labute approximate surface area is 158 Å². The predicted octanol–water partition coefficient (Wildman–Crippen LogP) is 1.13. The standard InChI is InChI=1S/C19H26N6O2/c1-24-5-7-25(8-6-24)18-12-17(20-13-21-18)19-15-11-14(27-10-9-26-2)3-4-16(15)22-23-19/h3-4,11-13,18H,5-10H2,1-2H3,(H,20,21)(H,22,23). The number of hydrogen-bond donors (Lipinski definition) is 2.